The fraction of sp³-hybridized carbons (Fsp3) is 0.562. The lowest BCUT2D eigenvalue weighted by Crippen LogP contribution is -2.55. The minimum Gasteiger partial charge on any atom is -0.397 e. The molecule has 0 bridgehead atoms. The van der Waals surface area contributed by atoms with Crippen LogP contribution in [-0.4, -0.2) is 49.6 Å². The maximum atomic E-state index is 11.7. The molecule has 3 N–H and O–H groups in total. The number of anilines is 2. The van der Waals surface area contributed by atoms with Crippen LogP contribution in [0.25, 0.3) is 0 Å². The number of amides is 1. The molecule has 2 atom stereocenters. The van der Waals surface area contributed by atoms with Crippen LogP contribution in [0.3, 0.4) is 0 Å². The number of carbonyl (C=O) groups is 1. The molecule has 114 valence electrons. The molecule has 21 heavy (non-hydrogen) atoms. The van der Waals surface area contributed by atoms with Gasteiger partial charge in [-0.25, -0.2) is 0 Å². The number of benzene rings is 1. The normalized spacial score (nSPS) is 25.7. The Kier molecular flexibility index (Phi) is 3.76. The molecule has 0 aromatic heterocycles. The molecule has 3 rings (SSSR count). The summed E-state index contributed by atoms with van der Waals surface area (Å²) in [7, 11) is 1.63. The zero-order valence-corrected chi connectivity index (χ0v) is 12.8. The Hall–Kier alpha value is -1.75. The van der Waals surface area contributed by atoms with Gasteiger partial charge in [0.25, 0.3) is 5.91 Å². The standard InChI is InChI=1S/C16H24N4O/c1-11-9-19-7-3-4-13(19)10-20(11)15-6-5-12(8-14(15)17)16(21)18-2/h5-6,8,11,13H,3-4,7,9-10,17H2,1-2H3,(H,18,21). The highest BCUT2D eigenvalue weighted by molar-refractivity contribution is 5.96. The number of rotatable bonds is 2. The van der Waals surface area contributed by atoms with Gasteiger partial charge >= 0.3 is 0 Å². The number of hydrogen-bond donors (Lipinski definition) is 2. The van der Waals surface area contributed by atoms with Crippen molar-refractivity contribution < 1.29 is 4.79 Å². The molecule has 2 unspecified atom stereocenters. The van der Waals surface area contributed by atoms with Crippen molar-refractivity contribution in [3.8, 4) is 0 Å². The van der Waals surface area contributed by atoms with E-state index in [-0.39, 0.29) is 5.91 Å². The summed E-state index contributed by atoms with van der Waals surface area (Å²) in [5.41, 5.74) is 8.57. The predicted octanol–water partition coefficient (Wildman–Crippen LogP) is 1.30. The second-order valence-electron chi connectivity index (χ2n) is 6.15. The fourth-order valence-electron chi connectivity index (χ4n) is 3.62. The summed E-state index contributed by atoms with van der Waals surface area (Å²) in [6.07, 6.45) is 2.58. The van der Waals surface area contributed by atoms with Crippen molar-refractivity contribution in [1.82, 2.24) is 10.2 Å². The molecular weight excluding hydrogens is 264 g/mol. The van der Waals surface area contributed by atoms with Crippen LogP contribution in [-0.2, 0) is 0 Å². The second kappa shape index (κ2) is 5.56. The first-order valence-electron chi connectivity index (χ1n) is 7.72. The third-order valence-electron chi connectivity index (χ3n) is 4.76. The maximum absolute atomic E-state index is 11.7. The predicted molar refractivity (Wildman–Crippen MR) is 85.6 cm³/mol. The minimum absolute atomic E-state index is 0.0955. The topological polar surface area (TPSA) is 61.6 Å². The lowest BCUT2D eigenvalue weighted by atomic mass is 10.0. The summed E-state index contributed by atoms with van der Waals surface area (Å²) < 4.78 is 0. The van der Waals surface area contributed by atoms with Gasteiger partial charge in [0.2, 0.25) is 0 Å². The first-order valence-corrected chi connectivity index (χ1v) is 7.72. The molecule has 2 aliphatic rings. The summed E-state index contributed by atoms with van der Waals surface area (Å²) in [4.78, 5) is 16.7. The van der Waals surface area contributed by atoms with Gasteiger partial charge in [-0.05, 0) is 44.5 Å². The average Bonchev–Trinajstić information content (AvgIpc) is 2.92. The van der Waals surface area contributed by atoms with Crippen molar-refractivity contribution in [3.05, 3.63) is 23.8 Å². The summed E-state index contributed by atoms with van der Waals surface area (Å²) in [5, 5.41) is 2.63. The molecule has 2 heterocycles. The molecule has 0 aliphatic carbocycles. The molecule has 2 fully saturated rings. The Morgan fingerprint density at radius 2 is 2.19 bits per heavy atom. The Labute approximate surface area is 126 Å². The maximum Gasteiger partial charge on any atom is 0.251 e. The Morgan fingerprint density at radius 3 is 2.90 bits per heavy atom. The van der Waals surface area contributed by atoms with Gasteiger partial charge in [0.05, 0.1) is 11.4 Å². The number of carbonyl (C=O) groups excluding carboxylic acids is 1. The highest BCUT2D eigenvalue weighted by Crippen LogP contribution is 2.32. The third-order valence-corrected chi connectivity index (χ3v) is 4.76. The number of nitrogen functional groups attached to an aromatic ring is 1. The van der Waals surface area contributed by atoms with Crippen LogP contribution in [0.1, 0.15) is 30.1 Å². The van der Waals surface area contributed by atoms with Crippen LogP contribution in [0.5, 0.6) is 0 Å². The molecule has 0 radical (unpaired) electrons. The number of fused-ring (bicyclic) bond motifs is 1. The van der Waals surface area contributed by atoms with E-state index < -0.39 is 0 Å². The van der Waals surface area contributed by atoms with Crippen LogP contribution in [0.2, 0.25) is 0 Å². The highest BCUT2D eigenvalue weighted by Gasteiger charge is 2.34. The van der Waals surface area contributed by atoms with E-state index in [2.05, 4.69) is 22.0 Å². The van der Waals surface area contributed by atoms with Gasteiger partial charge in [-0.15, -0.1) is 0 Å². The fourth-order valence-corrected chi connectivity index (χ4v) is 3.62. The van der Waals surface area contributed by atoms with Crippen molar-refractivity contribution in [2.45, 2.75) is 31.8 Å². The van der Waals surface area contributed by atoms with Crippen LogP contribution >= 0.6 is 0 Å². The van der Waals surface area contributed by atoms with E-state index >= 15 is 0 Å². The molecule has 2 saturated heterocycles. The Balaban J connectivity index is 1.84. The number of nitrogens with two attached hydrogens (primary N) is 1. The molecule has 0 saturated carbocycles. The van der Waals surface area contributed by atoms with E-state index in [0.29, 0.717) is 23.3 Å². The molecule has 5 nitrogen and oxygen atoms in total. The van der Waals surface area contributed by atoms with Crippen LogP contribution in [0, 0.1) is 0 Å². The summed E-state index contributed by atoms with van der Waals surface area (Å²) >= 11 is 0. The smallest absolute Gasteiger partial charge is 0.251 e. The summed E-state index contributed by atoms with van der Waals surface area (Å²) in [5.74, 6) is -0.0955. The van der Waals surface area contributed by atoms with E-state index in [1.54, 1.807) is 13.1 Å². The monoisotopic (exact) mass is 288 g/mol. The molecule has 1 amide bonds. The van der Waals surface area contributed by atoms with Crippen molar-refractivity contribution in [3.63, 3.8) is 0 Å². The van der Waals surface area contributed by atoms with E-state index in [9.17, 15) is 4.79 Å². The van der Waals surface area contributed by atoms with Crippen molar-refractivity contribution in [2.24, 2.45) is 0 Å². The summed E-state index contributed by atoms with van der Waals surface area (Å²) in [6, 6.07) is 6.73. The summed E-state index contributed by atoms with van der Waals surface area (Å²) in [6.45, 7) is 5.61. The van der Waals surface area contributed by atoms with Crippen molar-refractivity contribution >= 4 is 17.3 Å². The number of nitrogens with zero attached hydrogens (tertiary/aromatic N) is 2. The molecule has 0 spiro atoms. The molecule has 5 heteroatoms. The van der Waals surface area contributed by atoms with E-state index in [1.165, 1.54) is 19.4 Å². The SMILES string of the molecule is CNC(=O)c1ccc(N2CC3CCCN3CC2C)c(N)c1. The molecule has 2 aliphatic heterocycles. The van der Waals surface area contributed by atoms with Crippen molar-refractivity contribution in [1.29, 1.82) is 0 Å². The lowest BCUT2D eigenvalue weighted by molar-refractivity contribution is 0.0963. The van der Waals surface area contributed by atoms with Crippen molar-refractivity contribution in [2.75, 3.05) is 37.3 Å². The third kappa shape index (κ3) is 2.58. The first kappa shape index (κ1) is 14.2. The molecule has 1 aromatic rings. The van der Waals surface area contributed by atoms with Gasteiger partial charge in [-0.1, -0.05) is 0 Å². The zero-order valence-electron chi connectivity index (χ0n) is 12.8. The largest absolute Gasteiger partial charge is 0.397 e. The Bertz CT molecular complexity index is 545. The van der Waals surface area contributed by atoms with E-state index in [0.717, 1.165) is 18.8 Å². The quantitative estimate of drug-likeness (QED) is 0.805. The number of piperazine rings is 1. The lowest BCUT2D eigenvalue weighted by Gasteiger charge is -2.44. The van der Waals surface area contributed by atoms with Gasteiger partial charge < -0.3 is 16.0 Å². The molecule has 1 aromatic carbocycles. The highest BCUT2D eigenvalue weighted by atomic mass is 16.1. The van der Waals surface area contributed by atoms with E-state index in [4.69, 9.17) is 5.73 Å². The van der Waals surface area contributed by atoms with Crippen LogP contribution in [0.15, 0.2) is 18.2 Å². The zero-order chi connectivity index (χ0) is 15.0. The van der Waals surface area contributed by atoms with Gasteiger partial charge in [0, 0.05) is 37.8 Å². The minimum atomic E-state index is -0.0955. The van der Waals surface area contributed by atoms with Gasteiger partial charge in [-0.3, -0.25) is 9.69 Å². The number of nitrogens with one attached hydrogen (secondary N) is 1. The van der Waals surface area contributed by atoms with Gasteiger partial charge in [0.15, 0.2) is 0 Å². The first-order chi connectivity index (χ1) is 10.1. The van der Waals surface area contributed by atoms with Crippen LogP contribution < -0.4 is 16.0 Å². The second-order valence-corrected chi connectivity index (χ2v) is 6.15. The Morgan fingerprint density at radius 1 is 1.38 bits per heavy atom. The average molecular weight is 288 g/mol. The van der Waals surface area contributed by atoms with Gasteiger partial charge in [-0.2, -0.15) is 0 Å². The van der Waals surface area contributed by atoms with Crippen LogP contribution in [0.4, 0.5) is 11.4 Å². The number of hydrogen-bond acceptors (Lipinski definition) is 4. The molecular formula is C16H24N4O. The van der Waals surface area contributed by atoms with E-state index in [1.807, 2.05) is 12.1 Å². The van der Waals surface area contributed by atoms with Gasteiger partial charge in [0.1, 0.15) is 0 Å².